The number of carbonyl (C=O) groups is 3. The number of hydrogen-bond donors (Lipinski definition) is 2. The molecule has 0 bridgehead atoms. The molecule has 1 aromatic carbocycles. The molecule has 6 nitrogen and oxygen atoms in total. The Bertz CT molecular complexity index is 609. The number of nitrogens with one attached hydrogen (secondary N) is 1. The fraction of sp³-hybridized carbons (Fsp3) is 0.267. The maximum absolute atomic E-state index is 11.6. The second-order valence-corrected chi connectivity index (χ2v) is 4.86. The van der Waals surface area contributed by atoms with E-state index in [4.69, 9.17) is 5.11 Å². The van der Waals surface area contributed by atoms with Crippen LogP contribution in [0.25, 0.3) is 6.08 Å². The standard InChI is InChI=1S/C15H16N2O4/c1-10-15(21)16-13(18)9-17(10)8-12-5-3-2-4-11(12)6-7-14(19)20/h2-7,10H,8-9H2,1H3,(H,19,20)(H,16,18,21). The molecular weight excluding hydrogens is 272 g/mol. The van der Waals surface area contributed by atoms with Crippen LogP contribution in [0.15, 0.2) is 30.3 Å². The lowest BCUT2D eigenvalue weighted by atomic mass is 10.0. The summed E-state index contributed by atoms with van der Waals surface area (Å²) in [7, 11) is 0. The fourth-order valence-electron chi connectivity index (χ4n) is 2.18. The molecule has 0 aromatic heterocycles. The Morgan fingerprint density at radius 2 is 2.14 bits per heavy atom. The Labute approximate surface area is 122 Å². The van der Waals surface area contributed by atoms with E-state index in [9.17, 15) is 14.4 Å². The molecule has 1 unspecified atom stereocenters. The predicted molar refractivity (Wildman–Crippen MR) is 76.1 cm³/mol. The van der Waals surface area contributed by atoms with Gasteiger partial charge in [0.25, 0.3) is 0 Å². The summed E-state index contributed by atoms with van der Waals surface area (Å²) in [5.41, 5.74) is 1.62. The lowest BCUT2D eigenvalue weighted by molar-refractivity contribution is -0.139. The molecule has 0 aliphatic carbocycles. The van der Waals surface area contributed by atoms with Crippen molar-refractivity contribution in [2.75, 3.05) is 6.54 Å². The van der Waals surface area contributed by atoms with Gasteiger partial charge < -0.3 is 5.11 Å². The summed E-state index contributed by atoms with van der Waals surface area (Å²) >= 11 is 0. The van der Waals surface area contributed by atoms with Gasteiger partial charge in [-0.15, -0.1) is 0 Å². The number of carboxylic acid groups (broad SMARTS) is 1. The van der Waals surface area contributed by atoms with Crippen LogP contribution in [0.2, 0.25) is 0 Å². The SMILES string of the molecule is CC1C(=O)NC(=O)CN1Cc1ccccc1C=CC(=O)O. The lowest BCUT2D eigenvalue weighted by Gasteiger charge is -2.31. The number of nitrogens with zero attached hydrogens (tertiary/aromatic N) is 1. The molecule has 0 saturated carbocycles. The molecule has 2 amide bonds. The maximum Gasteiger partial charge on any atom is 0.328 e. The quantitative estimate of drug-likeness (QED) is 0.627. The molecule has 21 heavy (non-hydrogen) atoms. The van der Waals surface area contributed by atoms with Crippen LogP contribution in [-0.2, 0) is 20.9 Å². The molecule has 1 fully saturated rings. The molecule has 1 aliphatic heterocycles. The number of rotatable bonds is 4. The van der Waals surface area contributed by atoms with E-state index in [1.165, 1.54) is 6.08 Å². The van der Waals surface area contributed by atoms with E-state index >= 15 is 0 Å². The van der Waals surface area contributed by atoms with E-state index in [2.05, 4.69) is 5.32 Å². The van der Waals surface area contributed by atoms with E-state index < -0.39 is 12.0 Å². The molecule has 1 atom stereocenters. The van der Waals surface area contributed by atoms with Gasteiger partial charge in [0.2, 0.25) is 11.8 Å². The van der Waals surface area contributed by atoms with Crippen LogP contribution in [0.5, 0.6) is 0 Å². The van der Waals surface area contributed by atoms with E-state index in [1.54, 1.807) is 17.9 Å². The van der Waals surface area contributed by atoms with Crippen LogP contribution < -0.4 is 5.32 Å². The molecular formula is C15H16N2O4. The number of aliphatic carboxylic acids is 1. The van der Waals surface area contributed by atoms with Crippen LogP contribution >= 0.6 is 0 Å². The third kappa shape index (κ3) is 3.76. The second-order valence-electron chi connectivity index (χ2n) is 4.86. The number of piperazine rings is 1. The minimum absolute atomic E-state index is 0.143. The normalized spacial score (nSPS) is 19.8. The molecule has 110 valence electrons. The van der Waals surface area contributed by atoms with Gasteiger partial charge in [-0.3, -0.25) is 19.8 Å². The minimum Gasteiger partial charge on any atom is -0.478 e. The fourth-order valence-corrected chi connectivity index (χ4v) is 2.18. The summed E-state index contributed by atoms with van der Waals surface area (Å²) in [5, 5.41) is 11.0. The summed E-state index contributed by atoms with van der Waals surface area (Å²) in [5.74, 6) is -1.66. The highest BCUT2D eigenvalue weighted by Crippen LogP contribution is 2.16. The largest absolute Gasteiger partial charge is 0.478 e. The van der Waals surface area contributed by atoms with Crippen molar-refractivity contribution in [1.29, 1.82) is 0 Å². The van der Waals surface area contributed by atoms with Crippen LogP contribution in [0.3, 0.4) is 0 Å². The number of imide groups is 1. The maximum atomic E-state index is 11.6. The first-order valence-electron chi connectivity index (χ1n) is 6.54. The van der Waals surface area contributed by atoms with Gasteiger partial charge in [-0.2, -0.15) is 0 Å². The minimum atomic E-state index is -1.02. The van der Waals surface area contributed by atoms with E-state index in [0.717, 1.165) is 17.2 Å². The lowest BCUT2D eigenvalue weighted by Crippen LogP contribution is -2.56. The monoisotopic (exact) mass is 288 g/mol. The first-order valence-corrected chi connectivity index (χ1v) is 6.54. The van der Waals surface area contributed by atoms with E-state index in [0.29, 0.717) is 6.54 Å². The number of amides is 2. The molecule has 0 radical (unpaired) electrons. The third-order valence-corrected chi connectivity index (χ3v) is 3.37. The van der Waals surface area contributed by atoms with Crippen LogP contribution in [-0.4, -0.2) is 40.4 Å². The molecule has 0 spiro atoms. The third-order valence-electron chi connectivity index (χ3n) is 3.37. The van der Waals surface area contributed by atoms with Crippen molar-refractivity contribution in [3.05, 3.63) is 41.5 Å². The zero-order valence-corrected chi connectivity index (χ0v) is 11.6. The van der Waals surface area contributed by atoms with Crippen LogP contribution in [0.1, 0.15) is 18.1 Å². The molecule has 1 aliphatic rings. The van der Waals surface area contributed by atoms with Crippen molar-refractivity contribution in [3.63, 3.8) is 0 Å². The number of hydrogen-bond acceptors (Lipinski definition) is 4. The van der Waals surface area contributed by atoms with E-state index in [-0.39, 0.29) is 18.4 Å². The molecule has 6 heteroatoms. The molecule has 2 rings (SSSR count). The van der Waals surface area contributed by atoms with Gasteiger partial charge in [-0.25, -0.2) is 4.79 Å². The van der Waals surface area contributed by atoms with Gasteiger partial charge in [0, 0.05) is 12.6 Å². The van der Waals surface area contributed by atoms with Gasteiger partial charge in [0.05, 0.1) is 12.6 Å². The Kier molecular flexibility index (Phi) is 4.49. The first-order chi connectivity index (χ1) is 9.97. The highest BCUT2D eigenvalue weighted by Gasteiger charge is 2.30. The Hall–Kier alpha value is -2.47. The van der Waals surface area contributed by atoms with Gasteiger partial charge in [-0.05, 0) is 24.1 Å². The van der Waals surface area contributed by atoms with E-state index in [1.807, 2.05) is 18.2 Å². The number of carbonyl (C=O) groups excluding carboxylic acids is 2. The molecule has 1 heterocycles. The smallest absolute Gasteiger partial charge is 0.328 e. The van der Waals surface area contributed by atoms with Crippen molar-refractivity contribution >= 4 is 23.9 Å². The highest BCUT2D eigenvalue weighted by atomic mass is 16.4. The first kappa shape index (κ1) is 14.9. The van der Waals surface area contributed by atoms with Crippen molar-refractivity contribution < 1.29 is 19.5 Å². The second kappa shape index (κ2) is 6.32. The van der Waals surface area contributed by atoms with Crippen molar-refractivity contribution in [3.8, 4) is 0 Å². The molecule has 1 saturated heterocycles. The van der Waals surface area contributed by atoms with Gasteiger partial charge in [0.15, 0.2) is 0 Å². The summed E-state index contributed by atoms with van der Waals surface area (Å²) < 4.78 is 0. The van der Waals surface area contributed by atoms with Crippen molar-refractivity contribution in [2.24, 2.45) is 0 Å². The summed E-state index contributed by atoms with van der Waals surface area (Å²) in [4.78, 5) is 35.5. The Morgan fingerprint density at radius 3 is 2.86 bits per heavy atom. The zero-order chi connectivity index (χ0) is 15.4. The van der Waals surface area contributed by atoms with Crippen LogP contribution in [0, 0.1) is 0 Å². The highest BCUT2D eigenvalue weighted by molar-refractivity contribution is 6.00. The Balaban J connectivity index is 2.21. The Morgan fingerprint density at radius 1 is 1.43 bits per heavy atom. The average Bonchev–Trinajstić information content (AvgIpc) is 2.43. The summed E-state index contributed by atoms with van der Waals surface area (Å²) in [6.07, 6.45) is 2.57. The number of benzene rings is 1. The zero-order valence-electron chi connectivity index (χ0n) is 11.6. The molecule has 1 aromatic rings. The van der Waals surface area contributed by atoms with Gasteiger partial charge in [-0.1, -0.05) is 24.3 Å². The van der Waals surface area contributed by atoms with Gasteiger partial charge >= 0.3 is 5.97 Å². The summed E-state index contributed by atoms with van der Waals surface area (Å²) in [6, 6.07) is 6.89. The van der Waals surface area contributed by atoms with Crippen LogP contribution in [0.4, 0.5) is 0 Å². The van der Waals surface area contributed by atoms with Crippen molar-refractivity contribution in [2.45, 2.75) is 19.5 Å². The average molecular weight is 288 g/mol. The summed E-state index contributed by atoms with van der Waals surface area (Å²) in [6.45, 7) is 2.28. The van der Waals surface area contributed by atoms with Crippen molar-refractivity contribution in [1.82, 2.24) is 10.2 Å². The van der Waals surface area contributed by atoms with Gasteiger partial charge in [0.1, 0.15) is 0 Å². The number of carboxylic acids is 1. The molecule has 2 N–H and O–H groups in total. The predicted octanol–water partition coefficient (Wildman–Crippen LogP) is 0.631. The topological polar surface area (TPSA) is 86.7 Å².